The molecule has 2 rings (SSSR count). The van der Waals surface area contributed by atoms with Crippen molar-refractivity contribution in [3.8, 4) is 11.5 Å². The minimum Gasteiger partial charge on any atom is -0.497 e. The first-order valence-electron chi connectivity index (χ1n) is 7.23. The maximum Gasteiger partial charge on any atom is 0.254 e. The Morgan fingerprint density at radius 1 is 1.14 bits per heavy atom. The van der Waals surface area contributed by atoms with Gasteiger partial charge in [0, 0.05) is 25.8 Å². The van der Waals surface area contributed by atoms with Gasteiger partial charge in [-0.2, -0.15) is 0 Å². The van der Waals surface area contributed by atoms with E-state index in [0.717, 1.165) is 6.42 Å². The van der Waals surface area contributed by atoms with Gasteiger partial charge < -0.3 is 24.2 Å². The van der Waals surface area contributed by atoms with E-state index in [1.807, 2.05) is 0 Å². The van der Waals surface area contributed by atoms with Gasteiger partial charge in [0.25, 0.3) is 5.91 Å². The molecule has 0 aromatic heterocycles. The zero-order chi connectivity index (χ0) is 16.3. The average molecular weight is 309 g/mol. The number of aliphatic hydroxyl groups excluding tert-OH is 1. The Hall–Kier alpha value is -1.79. The minimum atomic E-state index is -0.675. The molecule has 1 aromatic rings. The van der Waals surface area contributed by atoms with Crippen LogP contribution in [0.2, 0.25) is 0 Å². The number of methoxy groups -OCH3 is 3. The van der Waals surface area contributed by atoms with Crippen LogP contribution in [0, 0.1) is 0 Å². The Kier molecular flexibility index (Phi) is 5.26. The fraction of sp³-hybridized carbons (Fsp3) is 0.562. The molecule has 0 unspecified atom stereocenters. The van der Waals surface area contributed by atoms with E-state index in [0.29, 0.717) is 23.5 Å². The molecule has 0 aliphatic heterocycles. The van der Waals surface area contributed by atoms with Crippen molar-refractivity contribution >= 4 is 5.91 Å². The maximum atomic E-state index is 12.7. The van der Waals surface area contributed by atoms with Crippen molar-refractivity contribution in [2.75, 3.05) is 28.4 Å². The normalized spacial score (nSPS) is 24.1. The van der Waals surface area contributed by atoms with Gasteiger partial charge in [-0.3, -0.25) is 4.79 Å². The maximum absolute atomic E-state index is 12.7. The third-order valence-corrected chi connectivity index (χ3v) is 4.24. The Balaban J connectivity index is 2.20. The van der Waals surface area contributed by atoms with E-state index in [-0.39, 0.29) is 18.1 Å². The van der Waals surface area contributed by atoms with E-state index < -0.39 is 6.10 Å². The van der Waals surface area contributed by atoms with Crippen LogP contribution in [0.5, 0.6) is 11.5 Å². The highest BCUT2D eigenvalue weighted by Crippen LogP contribution is 2.28. The van der Waals surface area contributed by atoms with Gasteiger partial charge in [0.2, 0.25) is 0 Å². The van der Waals surface area contributed by atoms with Gasteiger partial charge in [-0.1, -0.05) is 0 Å². The molecule has 1 N–H and O–H groups in total. The van der Waals surface area contributed by atoms with E-state index in [2.05, 4.69) is 0 Å². The Morgan fingerprint density at radius 2 is 1.73 bits per heavy atom. The highest BCUT2D eigenvalue weighted by molar-refractivity contribution is 5.95. The van der Waals surface area contributed by atoms with Crippen LogP contribution >= 0.6 is 0 Å². The van der Waals surface area contributed by atoms with Crippen LogP contribution < -0.4 is 9.47 Å². The van der Waals surface area contributed by atoms with Gasteiger partial charge in [0.15, 0.2) is 0 Å². The van der Waals surface area contributed by atoms with Crippen LogP contribution in [0.15, 0.2) is 18.2 Å². The molecule has 1 fully saturated rings. The van der Waals surface area contributed by atoms with E-state index in [9.17, 15) is 9.90 Å². The van der Waals surface area contributed by atoms with Gasteiger partial charge in [0.05, 0.1) is 26.4 Å². The van der Waals surface area contributed by atoms with E-state index in [1.165, 1.54) is 14.2 Å². The van der Waals surface area contributed by atoms with Crippen molar-refractivity contribution < 1.29 is 24.1 Å². The molecule has 1 saturated carbocycles. The van der Waals surface area contributed by atoms with Crippen LogP contribution in [-0.2, 0) is 4.74 Å². The zero-order valence-electron chi connectivity index (χ0n) is 13.4. The second kappa shape index (κ2) is 6.98. The molecule has 0 bridgehead atoms. The lowest BCUT2D eigenvalue weighted by atomic mass is 10.1. The second-order valence-corrected chi connectivity index (χ2v) is 5.43. The number of hydrogen-bond donors (Lipinski definition) is 1. The SMILES string of the molecule is COc1cc(OC)cc(C(=O)N(C)[C@@H]2CC[C@@H](OC)[C@@H]2O)c1. The lowest BCUT2D eigenvalue weighted by Gasteiger charge is -2.28. The molecular formula is C16H23NO5. The summed E-state index contributed by atoms with van der Waals surface area (Å²) in [5.74, 6) is 0.925. The van der Waals surface area contributed by atoms with Gasteiger partial charge in [0.1, 0.15) is 17.6 Å². The Morgan fingerprint density at radius 3 is 2.18 bits per heavy atom. The van der Waals surface area contributed by atoms with Gasteiger partial charge in [-0.05, 0) is 25.0 Å². The van der Waals surface area contributed by atoms with Gasteiger partial charge >= 0.3 is 0 Å². The van der Waals surface area contributed by atoms with Crippen LogP contribution in [0.25, 0.3) is 0 Å². The topological polar surface area (TPSA) is 68.2 Å². The summed E-state index contributed by atoms with van der Waals surface area (Å²) in [6, 6.07) is 4.78. The summed E-state index contributed by atoms with van der Waals surface area (Å²) < 4.78 is 15.6. The number of amides is 1. The van der Waals surface area contributed by atoms with Crippen molar-refractivity contribution in [3.05, 3.63) is 23.8 Å². The predicted octanol–water partition coefficient (Wildman–Crippen LogP) is 1.31. The van der Waals surface area contributed by atoms with Crippen molar-refractivity contribution in [2.24, 2.45) is 0 Å². The highest BCUT2D eigenvalue weighted by atomic mass is 16.5. The van der Waals surface area contributed by atoms with E-state index in [4.69, 9.17) is 14.2 Å². The standard InChI is InChI=1S/C16H23NO5/c1-17(13-5-6-14(22-4)15(13)18)16(19)10-7-11(20-2)9-12(8-10)21-3/h7-9,13-15,18H,5-6H2,1-4H3/t13-,14-,15-/m1/s1. The molecule has 0 heterocycles. The van der Waals surface area contributed by atoms with Crippen molar-refractivity contribution in [3.63, 3.8) is 0 Å². The van der Waals surface area contributed by atoms with Crippen LogP contribution in [0.3, 0.4) is 0 Å². The number of hydrogen-bond acceptors (Lipinski definition) is 5. The average Bonchev–Trinajstić information content (AvgIpc) is 2.93. The first-order chi connectivity index (χ1) is 10.5. The molecule has 22 heavy (non-hydrogen) atoms. The quantitative estimate of drug-likeness (QED) is 0.888. The van der Waals surface area contributed by atoms with E-state index in [1.54, 1.807) is 37.3 Å². The Labute approximate surface area is 130 Å². The van der Waals surface area contributed by atoms with Crippen molar-refractivity contribution in [2.45, 2.75) is 31.1 Å². The first-order valence-corrected chi connectivity index (χ1v) is 7.23. The summed E-state index contributed by atoms with van der Waals surface area (Å²) in [6.45, 7) is 0. The fourth-order valence-electron chi connectivity index (χ4n) is 2.89. The Bertz CT molecular complexity index is 511. The number of benzene rings is 1. The number of aliphatic hydroxyl groups is 1. The largest absolute Gasteiger partial charge is 0.497 e. The molecule has 0 spiro atoms. The summed E-state index contributed by atoms with van der Waals surface area (Å²) in [6.07, 6.45) is 0.552. The molecule has 1 aliphatic carbocycles. The van der Waals surface area contributed by atoms with Gasteiger partial charge in [-0.15, -0.1) is 0 Å². The summed E-state index contributed by atoms with van der Waals surface area (Å²) >= 11 is 0. The smallest absolute Gasteiger partial charge is 0.254 e. The second-order valence-electron chi connectivity index (χ2n) is 5.43. The molecule has 1 aromatic carbocycles. The predicted molar refractivity (Wildman–Crippen MR) is 81.5 cm³/mol. The number of rotatable bonds is 5. The van der Waals surface area contributed by atoms with Crippen molar-refractivity contribution in [1.29, 1.82) is 0 Å². The lowest BCUT2D eigenvalue weighted by molar-refractivity contribution is -0.0156. The number of ether oxygens (including phenoxy) is 3. The molecule has 6 heteroatoms. The summed E-state index contributed by atoms with van der Waals surface area (Å²) in [5, 5.41) is 10.2. The number of carbonyl (C=O) groups is 1. The lowest BCUT2D eigenvalue weighted by Crippen LogP contribution is -2.44. The minimum absolute atomic E-state index is 0.182. The van der Waals surface area contributed by atoms with Crippen LogP contribution in [0.1, 0.15) is 23.2 Å². The van der Waals surface area contributed by atoms with E-state index >= 15 is 0 Å². The highest BCUT2D eigenvalue weighted by Gasteiger charge is 2.39. The molecule has 3 atom stereocenters. The number of carbonyl (C=O) groups excluding carboxylic acids is 1. The number of nitrogens with zero attached hydrogens (tertiary/aromatic N) is 1. The molecule has 6 nitrogen and oxygen atoms in total. The molecular weight excluding hydrogens is 286 g/mol. The molecule has 1 amide bonds. The zero-order valence-corrected chi connectivity index (χ0v) is 13.4. The monoisotopic (exact) mass is 309 g/mol. The van der Waals surface area contributed by atoms with Gasteiger partial charge in [-0.25, -0.2) is 0 Å². The fourth-order valence-corrected chi connectivity index (χ4v) is 2.89. The third kappa shape index (κ3) is 3.18. The van der Waals surface area contributed by atoms with Crippen LogP contribution in [-0.4, -0.2) is 62.5 Å². The molecule has 0 saturated heterocycles. The molecule has 122 valence electrons. The molecule has 0 radical (unpaired) electrons. The summed E-state index contributed by atoms with van der Waals surface area (Å²) in [5.41, 5.74) is 0.465. The molecule has 1 aliphatic rings. The van der Waals surface area contributed by atoms with Crippen LogP contribution in [0.4, 0.5) is 0 Å². The first kappa shape index (κ1) is 16.6. The number of likely N-dealkylation sites (N-methyl/N-ethyl adjacent to an activating group) is 1. The summed E-state index contributed by atoms with van der Waals surface area (Å²) in [4.78, 5) is 14.2. The summed E-state index contributed by atoms with van der Waals surface area (Å²) in [7, 11) is 6.35. The third-order valence-electron chi connectivity index (χ3n) is 4.24. The van der Waals surface area contributed by atoms with Crippen molar-refractivity contribution in [1.82, 2.24) is 4.90 Å².